The lowest BCUT2D eigenvalue weighted by Crippen LogP contribution is -2.62. The molecule has 4 fully saturated rings. The summed E-state index contributed by atoms with van der Waals surface area (Å²) in [5, 5.41) is 13.1. The van der Waals surface area contributed by atoms with E-state index in [0.29, 0.717) is 17.8 Å². The van der Waals surface area contributed by atoms with E-state index in [1.54, 1.807) is 0 Å². The molecule has 106 valence electrons. The predicted molar refractivity (Wildman–Crippen MR) is 76.8 cm³/mol. The average molecular weight is 272 g/mol. The molecule has 4 heteroatoms. The van der Waals surface area contributed by atoms with Crippen LogP contribution in [-0.2, 0) is 0 Å². The zero-order chi connectivity index (χ0) is 13.7. The monoisotopic (exact) mass is 272 g/mol. The number of para-hydroxylation sites is 1. The lowest BCUT2D eigenvalue weighted by atomic mass is 9.52. The van der Waals surface area contributed by atoms with E-state index in [2.05, 4.69) is 0 Å². The summed E-state index contributed by atoms with van der Waals surface area (Å²) < 4.78 is 0. The molecule has 1 aromatic carbocycles. The van der Waals surface area contributed by atoms with Gasteiger partial charge in [-0.1, -0.05) is 23.2 Å². The van der Waals surface area contributed by atoms with Crippen LogP contribution in [0.1, 0.15) is 38.5 Å². The molecule has 0 aliphatic heterocycles. The van der Waals surface area contributed by atoms with Gasteiger partial charge in [-0.3, -0.25) is 0 Å². The highest BCUT2D eigenvalue weighted by Crippen LogP contribution is 2.58. The maximum absolute atomic E-state index is 11.7. The zero-order valence-electron chi connectivity index (χ0n) is 11.6. The van der Waals surface area contributed by atoms with Gasteiger partial charge in [0, 0.05) is 0 Å². The summed E-state index contributed by atoms with van der Waals surface area (Å²) in [5.74, 6) is 2.15. The molecule has 4 bridgehead atoms. The summed E-state index contributed by atoms with van der Waals surface area (Å²) in [4.78, 5) is 11.7. The predicted octanol–water partition coefficient (Wildman–Crippen LogP) is 3.65. The van der Waals surface area contributed by atoms with Crippen LogP contribution in [0.5, 0.6) is 0 Å². The second kappa shape index (κ2) is 4.21. The molecule has 5 rings (SSSR count). The molecule has 0 saturated heterocycles. The van der Waals surface area contributed by atoms with Gasteiger partial charge in [0.2, 0.25) is 0 Å². The van der Waals surface area contributed by atoms with E-state index in [1.807, 2.05) is 30.3 Å². The van der Waals surface area contributed by atoms with Gasteiger partial charge in [-0.25, -0.2) is 10.1 Å². The Kier molecular flexibility index (Phi) is 2.56. The average Bonchev–Trinajstić information content (AvgIpc) is 2.37. The molecule has 0 radical (unpaired) electrons. The van der Waals surface area contributed by atoms with Gasteiger partial charge in [-0.2, -0.15) is 0 Å². The van der Waals surface area contributed by atoms with Crippen molar-refractivity contribution < 1.29 is 5.03 Å². The Hall–Kier alpha value is -1.58. The number of rotatable bonds is 3. The van der Waals surface area contributed by atoms with E-state index in [1.165, 1.54) is 24.3 Å². The number of benzene rings is 1. The first-order chi connectivity index (χ1) is 9.66. The number of hydrogen-bond donors (Lipinski definition) is 0. The smallest absolute Gasteiger partial charge is 0.165 e. The van der Waals surface area contributed by atoms with Gasteiger partial charge in [0.05, 0.1) is 0 Å². The van der Waals surface area contributed by atoms with Crippen molar-refractivity contribution in [1.82, 2.24) is 0 Å². The van der Waals surface area contributed by atoms with Crippen molar-refractivity contribution in [3.8, 4) is 0 Å². The Labute approximate surface area is 118 Å². The second-order valence-electron chi connectivity index (χ2n) is 7.03. The van der Waals surface area contributed by atoms with Crippen LogP contribution in [0.4, 0.5) is 5.69 Å². The van der Waals surface area contributed by atoms with Crippen molar-refractivity contribution in [1.29, 1.82) is 0 Å². The van der Waals surface area contributed by atoms with Crippen molar-refractivity contribution in [3.63, 3.8) is 0 Å². The minimum Gasteiger partial charge on any atom is -0.234 e. The fourth-order valence-corrected chi connectivity index (χ4v) is 5.43. The number of anilines is 1. The molecule has 20 heavy (non-hydrogen) atoms. The quantitative estimate of drug-likeness (QED) is 0.623. The Bertz CT molecular complexity index is 493. The van der Waals surface area contributed by atoms with Crippen molar-refractivity contribution >= 4 is 5.69 Å². The zero-order valence-corrected chi connectivity index (χ0v) is 11.6. The first-order valence-corrected chi connectivity index (χ1v) is 7.66. The van der Waals surface area contributed by atoms with Crippen LogP contribution in [-0.4, -0.2) is 10.6 Å². The molecular weight excluding hydrogens is 252 g/mol. The molecule has 4 nitrogen and oxygen atoms in total. The molecule has 4 saturated carbocycles. The van der Waals surface area contributed by atoms with E-state index >= 15 is 0 Å². The molecule has 1 aromatic rings. The second-order valence-corrected chi connectivity index (χ2v) is 7.03. The maximum atomic E-state index is 11.7. The van der Waals surface area contributed by atoms with Crippen LogP contribution in [0, 0.1) is 27.9 Å². The van der Waals surface area contributed by atoms with Gasteiger partial charge in [0.25, 0.3) is 0 Å². The van der Waals surface area contributed by atoms with Gasteiger partial charge in [-0.05, 0) is 68.4 Å². The van der Waals surface area contributed by atoms with Gasteiger partial charge in [-0.15, -0.1) is 0 Å². The number of nitrogens with zero attached hydrogens (tertiary/aromatic N) is 2. The van der Waals surface area contributed by atoms with Crippen molar-refractivity contribution in [3.05, 3.63) is 40.4 Å². The van der Waals surface area contributed by atoms with Crippen LogP contribution >= 0.6 is 0 Å². The topological polar surface area (TPSA) is 46.4 Å². The van der Waals surface area contributed by atoms with E-state index in [9.17, 15) is 10.1 Å². The maximum Gasteiger partial charge on any atom is 0.165 e. The summed E-state index contributed by atoms with van der Waals surface area (Å²) in [6.45, 7) is 0. The molecule has 0 heterocycles. The summed E-state index contributed by atoms with van der Waals surface area (Å²) in [5.41, 5.74) is 0.527. The molecule has 4 aliphatic carbocycles. The Balaban J connectivity index is 1.75. The van der Waals surface area contributed by atoms with Gasteiger partial charge >= 0.3 is 0 Å². The van der Waals surface area contributed by atoms with Crippen LogP contribution in [0.25, 0.3) is 0 Å². The molecule has 0 atom stereocenters. The Morgan fingerprint density at radius 2 is 1.50 bits per heavy atom. The highest BCUT2D eigenvalue weighted by atomic mass is 16.7. The lowest BCUT2D eigenvalue weighted by Gasteiger charge is -2.57. The van der Waals surface area contributed by atoms with Crippen molar-refractivity contribution in [2.45, 2.75) is 44.1 Å². The third-order valence-corrected chi connectivity index (χ3v) is 5.62. The molecule has 0 N–H and O–H groups in total. The van der Waals surface area contributed by atoms with Crippen LogP contribution in [0.2, 0.25) is 0 Å². The molecule has 0 unspecified atom stereocenters. The molecule has 4 aliphatic rings. The summed E-state index contributed by atoms with van der Waals surface area (Å²) >= 11 is 0. The van der Waals surface area contributed by atoms with E-state index in [0.717, 1.165) is 24.9 Å². The third kappa shape index (κ3) is 1.74. The molecule has 0 amide bonds. The Morgan fingerprint density at radius 3 is 1.95 bits per heavy atom. The minimum absolute atomic E-state index is 0.164. The van der Waals surface area contributed by atoms with Crippen molar-refractivity contribution in [2.75, 3.05) is 5.01 Å². The van der Waals surface area contributed by atoms with Crippen LogP contribution in [0.15, 0.2) is 30.3 Å². The number of hydrazine groups is 1. The van der Waals surface area contributed by atoms with E-state index < -0.39 is 0 Å². The van der Waals surface area contributed by atoms with E-state index in [4.69, 9.17) is 0 Å². The standard InChI is InChI=1S/C16H20N2O2/c19-18(20)17(15-4-2-1-3-5-15)16-9-12-6-13(10-16)8-14(7-12)11-16/h1-5,12-14H,6-11H2. The van der Waals surface area contributed by atoms with Gasteiger partial charge in [0.15, 0.2) is 5.03 Å². The first-order valence-electron chi connectivity index (χ1n) is 7.66. The SMILES string of the molecule is O=[N+]([O-])N(c1ccccc1)C12CC3CC(CC(C3)C1)C2. The Morgan fingerprint density at radius 1 is 1.00 bits per heavy atom. The number of hydrogen-bond acceptors (Lipinski definition) is 2. The molecule has 0 aromatic heterocycles. The summed E-state index contributed by atoms with van der Waals surface area (Å²) in [6.07, 6.45) is 6.94. The highest BCUT2D eigenvalue weighted by molar-refractivity contribution is 5.46. The van der Waals surface area contributed by atoms with Gasteiger partial charge < -0.3 is 0 Å². The summed E-state index contributed by atoms with van der Waals surface area (Å²) in [7, 11) is 0. The third-order valence-electron chi connectivity index (χ3n) is 5.62. The normalized spacial score (nSPS) is 37.9. The lowest BCUT2D eigenvalue weighted by molar-refractivity contribution is -0.512. The number of nitro groups is 1. The van der Waals surface area contributed by atoms with Crippen LogP contribution in [0.3, 0.4) is 0 Å². The van der Waals surface area contributed by atoms with Crippen molar-refractivity contribution in [2.24, 2.45) is 17.8 Å². The fraction of sp³-hybridized carbons (Fsp3) is 0.625. The molecular formula is C16H20N2O2. The van der Waals surface area contributed by atoms with Gasteiger partial charge in [0.1, 0.15) is 11.2 Å². The fourth-order valence-electron chi connectivity index (χ4n) is 5.43. The van der Waals surface area contributed by atoms with Crippen LogP contribution < -0.4 is 5.01 Å². The summed E-state index contributed by atoms with van der Waals surface area (Å²) in [6, 6.07) is 9.46. The highest BCUT2D eigenvalue weighted by Gasteiger charge is 2.57. The minimum atomic E-state index is -0.223. The van der Waals surface area contributed by atoms with E-state index in [-0.39, 0.29) is 10.6 Å². The first kappa shape index (κ1) is 12.2. The largest absolute Gasteiger partial charge is 0.234 e. The molecule has 0 spiro atoms.